The molecule has 2 unspecified atom stereocenters. The number of hydrogen-bond acceptors (Lipinski definition) is 4. The molecule has 0 aromatic heterocycles. The van der Waals surface area contributed by atoms with Crippen LogP contribution < -0.4 is 4.72 Å². The number of halogens is 1. The second-order valence-corrected chi connectivity index (χ2v) is 7.85. The van der Waals surface area contributed by atoms with Gasteiger partial charge in [0.1, 0.15) is 0 Å². The van der Waals surface area contributed by atoms with Crippen molar-refractivity contribution in [2.24, 2.45) is 5.92 Å². The molecular weight excluding hydrogens is 299 g/mol. The molecule has 0 aromatic rings. The van der Waals surface area contributed by atoms with Crippen molar-refractivity contribution >= 4 is 15.9 Å². The summed E-state index contributed by atoms with van der Waals surface area (Å²) >= 11 is 0. The maximum Gasteiger partial charge on any atom is 0.260 e. The van der Waals surface area contributed by atoms with E-state index in [1.165, 1.54) is 12.0 Å². The number of nitrogens with zero attached hydrogens (tertiary/aromatic N) is 1. The van der Waals surface area contributed by atoms with Crippen LogP contribution in [0, 0.1) is 5.92 Å². The number of rotatable bonds is 5. The summed E-state index contributed by atoms with van der Waals surface area (Å²) in [5.74, 6) is -0.612. The number of nitrogens with one attached hydrogen (secondary N) is 1. The molecule has 8 heteroatoms. The number of alkyl halides is 1. The van der Waals surface area contributed by atoms with Crippen LogP contribution in [0.25, 0.3) is 0 Å². The van der Waals surface area contributed by atoms with Gasteiger partial charge in [-0.3, -0.25) is 4.79 Å². The van der Waals surface area contributed by atoms with Crippen LogP contribution in [0.4, 0.5) is 4.39 Å². The lowest BCUT2D eigenvalue weighted by atomic mass is 9.80. The van der Waals surface area contributed by atoms with Gasteiger partial charge < -0.3 is 9.64 Å². The van der Waals surface area contributed by atoms with Crippen LogP contribution in [0.3, 0.4) is 0 Å². The zero-order chi connectivity index (χ0) is 15.7. The molecule has 0 bridgehead atoms. The Kier molecular flexibility index (Phi) is 4.89. The molecular formula is C13H23FN2O4S. The van der Waals surface area contributed by atoms with Crippen molar-refractivity contribution in [1.29, 1.82) is 0 Å². The average Bonchev–Trinajstić information content (AvgIpc) is 2.36. The van der Waals surface area contributed by atoms with Crippen molar-refractivity contribution in [2.75, 3.05) is 33.1 Å². The number of ether oxygens (including phenoxy) is 1. The van der Waals surface area contributed by atoms with Crippen molar-refractivity contribution in [3.63, 3.8) is 0 Å². The van der Waals surface area contributed by atoms with Crippen molar-refractivity contribution in [2.45, 2.75) is 37.4 Å². The van der Waals surface area contributed by atoms with Gasteiger partial charge in [-0.15, -0.1) is 0 Å². The first-order valence-electron chi connectivity index (χ1n) is 7.20. The Bertz CT molecular complexity index is 492. The molecule has 1 saturated heterocycles. The fraction of sp³-hybridized carbons (Fsp3) is 0.923. The third-order valence-corrected chi connectivity index (χ3v) is 5.03. The molecule has 0 radical (unpaired) electrons. The van der Waals surface area contributed by atoms with Gasteiger partial charge in [0.25, 0.3) is 5.91 Å². The Morgan fingerprint density at radius 3 is 2.62 bits per heavy atom. The van der Waals surface area contributed by atoms with Gasteiger partial charge in [0.2, 0.25) is 10.0 Å². The van der Waals surface area contributed by atoms with E-state index in [1.807, 2.05) is 0 Å². The fourth-order valence-corrected chi connectivity index (χ4v) is 3.87. The van der Waals surface area contributed by atoms with Gasteiger partial charge in [0, 0.05) is 32.2 Å². The molecule has 0 aromatic carbocycles. The molecule has 6 nitrogen and oxygen atoms in total. The van der Waals surface area contributed by atoms with Crippen LogP contribution in [0.15, 0.2) is 0 Å². The number of methoxy groups -OCH3 is 1. The first-order chi connectivity index (χ1) is 9.75. The SMILES string of the molecule is COCC1CN(C(=O)C2(F)CCC2)CCC1NS(C)(=O)=O. The normalized spacial score (nSPS) is 29.0. The number of piperidine rings is 1. The van der Waals surface area contributed by atoms with Gasteiger partial charge in [-0.2, -0.15) is 0 Å². The van der Waals surface area contributed by atoms with E-state index in [0.29, 0.717) is 39.0 Å². The first kappa shape index (κ1) is 16.6. The van der Waals surface area contributed by atoms with Crippen LogP contribution in [-0.2, 0) is 19.6 Å². The van der Waals surface area contributed by atoms with Gasteiger partial charge in [-0.05, 0) is 25.7 Å². The maximum atomic E-state index is 14.2. The van der Waals surface area contributed by atoms with Crippen molar-refractivity contribution < 1.29 is 22.3 Å². The summed E-state index contributed by atoms with van der Waals surface area (Å²) in [6.07, 6.45) is 2.92. The van der Waals surface area contributed by atoms with E-state index in [4.69, 9.17) is 4.74 Å². The Morgan fingerprint density at radius 1 is 1.48 bits per heavy atom. The van der Waals surface area contributed by atoms with E-state index in [9.17, 15) is 17.6 Å². The predicted octanol–water partition coefficient (Wildman–Crippen LogP) is 0.291. The Labute approximate surface area is 125 Å². The molecule has 0 spiro atoms. The minimum atomic E-state index is -3.32. The first-order valence-corrected chi connectivity index (χ1v) is 9.09. The van der Waals surface area contributed by atoms with Crippen LogP contribution in [0.5, 0.6) is 0 Å². The van der Waals surface area contributed by atoms with Crippen LogP contribution in [0.2, 0.25) is 0 Å². The number of likely N-dealkylation sites (tertiary alicyclic amines) is 1. The zero-order valence-corrected chi connectivity index (χ0v) is 13.3. The molecule has 2 rings (SSSR count). The van der Waals surface area contributed by atoms with E-state index in [-0.39, 0.29) is 12.0 Å². The van der Waals surface area contributed by atoms with Crippen molar-refractivity contribution in [1.82, 2.24) is 9.62 Å². The number of sulfonamides is 1. The summed E-state index contributed by atoms with van der Waals surface area (Å²) in [5.41, 5.74) is -1.70. The van der Waals surface area contributed by atoms with E-state index in [0.717, 1.165) is 12.7 Å². The van der Waals surface area contributed by atoms with Gasteiger partial charge in [-0.1, -0.05) is 0 Å². The molecule has 1 aliphatic heterocycles. The molecule has 21 heavy (non-hydrogen) atoms. The molecule has 1 aliphatic carbocycles. The second-order valence-electron chi connectivity index (χ2n) is 6.07. The Balaban J connectivity index is 2.02. The highest BCUT2D eigenvalue weighted by atomic mass is 32.2. The molecule has 2 atom stereocenters. The molecule has 2 fully saturated rings. The lowest BCUT2D eigenvalue weighted by Crippen LogP contribution is -2.58. The summed E-state index contributed by atoms with van der Waals surface area (Å²) in [6.45, 7) is 1.03. The second kappa shape index (κ2) is 6.18. The minimum Gasteiger partial charge on any atom is -0.384 e. The van der Waals surface area contributed by atoms with E-state index in [2.05, 4.69) is 4.72 Å². The molecule has 1 heterocycles. The van der Waals surface area contributed by atoms with Crippen LogP contribution in [-0.4, -0.2) is 64.0 Å². The molecule has 1 N–H and O–H groups in total. The number of carbonyl (C=O) groups excluding carboxylic acids is 1. The third kappa shape index (κ3) is 3.92. The smallest absolute Gasteiger partial charge is 0.260 e. The lowest BCUT2D eigenvalue weighted by Gasteiger charge is -2.43. The third-order valence-electron chi connectivity index (χ3n) is 4.30. The monoisotopic (exact) mass is 322 g/mol. The minimum absolute atomic E-state index is 0.161. The Hall–Kier alpha value is -0.730. The largest absolute Gasteiger partial charge is 0.384 e. The number of carbonyl (C=O) groups is 1. The highest BCUT2D eigenvalue weighted by Gasteiger charge is 2.48. The predicted molar refractivity (Wildman–Crippen MR) is 76.0 cm³/mol. The maximum absolute atomic E-state index is 14.2. The lowest BCUT2D eigenvalue weighted by molar-refractivity contribution is -0.152. The summed E-state index contributed by atoms with van der Waals surface area (Å²) < 4.78 is 44.7. The standard InChI is InChI=1S/C13H23FN2O4S/c1-20-9-10-8-16(12(17)13(14)5-3-6-13)7-4-11(10)15-21(2,18)19/h10-11,15H,3-9H2,1-2H3. The van der Waals surface area contributed by atoms with Crippen LogP contribution in [0.1, 0.15) is 25.7 Å². The highest BCUT2D eigenvalue weighted by molar-refractivity contribution is 7.88. The fourth-order valence-electron chi connectivity index (χ4n) is 3.01. The van der Waals surface area contributed by atoms with E-state index < -0.39 is 21.6 Å². The summed E-state index contributed by atoms with van der Waals surface area (Å²) in [7, 11) is -1.79. The number of hydrogen-bond donors (Lipinski definition) is 1. The molecule has 1 saturated carbocycles. The summed E-state index contributed by atoms with van der Waals surface area (Å²) in [6, 6.07) is -0.277. The van der Waals surface area contributed by atoms with Crippen molar-refractivity contribution in [3.05, 3.63) is 0 Å². The molecule has 2 aliphatic rings. The average molecular weight is 322 g/mol. The van der Waals surface area contributed by atoms with Crippen molar-refractivity contribution in [3.8, 4) is 0 Å². The van der Waals surface area contributed by atoms with E-state index >= 15 is 0 Å². The molecule has 1 amide bonds. The zero-order valence-electron chi connectivity index (χ0n) is 12.5. The summed E-state index contributed by atoms with van der Waals surface area (Å²) in [5, 5.41) is 0. The molecule has 122 valence electrons. The van der Waals surface area contributed by atoms with Gasteiger partial charge in [0.05, 0.1) is 12.9 Å². The quantitative estimate of drug-likeness (QED) is 0.789. The Morgan fingerprint density at radius 2 is 2.14 bits per heavy atom. The van der Waals surface area contributed by atoms with Gasteiger partial charge in [-0.25, -0.2) is 17.5 Å². The van der Waals surface area contributed by atoms with Gasteiger partial charge >= 0.3 is 0 Å². The highest BCUT2D eigenvalue weighted by Crippen LogP contribution is 2.38. The van der Waals surface area contributed by atoms with E-state index in [1.54, 1.807) is 0 Å². The van der Waals surface area contributed by atoms with Crippen LogP contribution >= 0.6 is 0 Å². The van der Waals surface area contributed by atoms with Gasteiger partial charge in [0.15, 0.2) is 5.67 Å². The summed E-state index contributed by atoms with van der Waals surface area (Å²) in [4.78, 5) is 13.7. The topological polar surface area (TPSA) is 75.7 Å². The number of amides is 1.